The van der Waals surface area contributed by atoms with Crippen LogP contribution in [0, 0.1) is 6.92 Å². The molecule has 0 amide bonds. The maximum Gasteiger partial charge on any atom is 0.0520 e. The lowest BCUT2D eigenvalue weighted by Crippen LogP contribution is -1.81. The van der Waals surface area contributed by atoms with E-state index in [1.165, 1.54) is 0 Å². The highest BCUT2D eigenvalue weighted by Gasteiger charge is 1.89. The molecule has 2 nitrogen and oxygen atoms in total. The minimum Gasteiger partial charge on any atom is -0.262 e. The lowest BCUT2D eigenvalue weighted by atomic mass is 10.4. The number of hydrogen-bond acceptors (Lipinski definition) is 2. The number of nitrogens with zero attached hydrogens (tertiary/aromatic N) is 2. The summed E-state index contributed by atoms with van der Waals surface area (Å²) in [5.74, 6) is 0. The van der Waals surface area contributed by atoms with Gasteiger partial charge in [-0.2, -0.15) is 0 Å². The van der Waals surface area contributed by atoms with Crippen molar-refractivity contribution < 1.29 is 0 Å². The molecule has 0 fully saturated rings. The van der Waals surface area contributed by atoms with E-state index in [0.717, 1.165) is 25.7 Å². The Morgan fingerprint density at radius 1 is 1.00 bits per heavy atom. The molecule has 0 aliphatic rings. The van der Waals surface area contributed by atoms with Gasteiger partial charge in [0.05, 0.1) is 5.69 Å². The van der Waals surface area contributed by atoms with E-state index < -0.39 is 0 Å². The van der Waals surface area contributed by atoms with Crippen LogP contribution in [0.25, 0.3) is 0 Å². The molecule has 2 aromatic rings. The first-order valence-electron chi connectivity index (χ1n) is 4.86. The van der Waals surface area contributed by atoms with Crippen molar-refractivity contribution in [2.24, 2.45) is 0 Å². The van der Waals surface area contributed by atoms with Crippen LogP contribution >= 0.6 is 47.8 Å². The summed E-state index contributed by atoms with van der Waals surface area (Å²) in [6.45, 7) is 1.96. The Morgan fingerprint density at radius 3 is 1.94 bits per heavy atom. The number of aryl methyl sites for hydroxylation is 1. The van der Waals surface area contributed by atoms with Crippen molar-refractivity contribution in [1.82, 2.24) is 9.97 Å². The summed E-state index contributed by atoms with van der Waals surface area (Å²) in [5.41, 5.74) is 2.09. The molecule has 90 valence electrons. The summed E-state index contributed by atoms with van der Waals surface area (Å²) in [4.78, 5) is 8.09. The molecule has 0 radical (unpaired) electrons. The number of halogens is 3. The summed E-state index contributed by atoms with van der Waals surface area (Å²) in [6, 6.07) is 7.77. The zero-order chi connectivity index (χ0) is 12.7. The normalized spacial score (nSPS) is 9.41. The van der Waals surface area contributed by atoms with Gasteiger partial charge >= 0.3 is 0 Å². The molecule has 0 N–H and O–H groups in total. The van der Waals surface area contributed by atoms with Crippen molar-refractivity contribution in [1.29, 1.82) is 0 Å². The Kier molecular flexibility index (Phi) is 6.92. The average Bonchev–Trinajstić information content (AvgIpc) is 2.29. The predicted molar refractivity (Wildman–Crippen MR) is 81.2 cm³/mol. The van der Waals surface area contributed by atoms with Gasteiger partial charge in [0.15, 0.2) is 0 Å². The lowest BCUT2D eigenvalue weighted by Gasteiger charge is -1.92. The van der Waals surface area contributed by atoms with E-state index in [4.69, 9.17) is 0 Å². The average molecular weight is 423 g/mol. The third-order valence-corrected chi connectivity index (χ3v) is 3.34. The molecule has 0 aromatic carbocycles. The quantitative estimate of drug-likeness (QED) is 0.611. The monoisotopic (exact) mass is 420 g/mol. The lowest BCUT2D eigenvalue weighted by molar-refractivity contribution is 1.18. The van der Waals surface area contributed by atoms with Gasteiger partial charge in [-0.15, -0.1) is 0 Å². The van der Waals surface area contributed by atoms with Crippen molar-refractivity contribution in [2.45, 2.75) is 12.3 Å². The first-order valence-corrected chi connectivity index (χ1v) is 7.57. The molecule has 2 aromatic heterocycles. The molecule has 0 saturated carbocycles. The van der Waals surface area contributed by atoms with Crippen molar-refractivity contribution in [3.63, 3.8) is 0 Å². The Balaban J connectivity index is 0.000000171. The van der Waals surface area contributed by atoms with Crippen LogP contribution in [0.4, 0.5) is 0 Å². The summed E-state index contributed by atoms with van der Waals surface area (Å²) < 4.78 is 2.16. The molecule has 0 bridgehead atoms. The van der Waals surface area contributed by atoms with Gasteiger partial charge in [0.2, 0.25) is 0 Å². The number of alkyl halides is 1. The van der Waals surface area contributed by atoms with Crippen molar-refractivity contribution in [3.8, 4) is 0 Å². The van der Waals surface area contributed by atoms with Crippen LogP contribution in [0.3, 0.4) is 0 Å². The van der Waals surface area contributed by atoms with Crippen LogP contribution in [0.5, 0.6) is 0 Å². The van der Waals surface area contributed by atoms with Crippen LogP contribution in [-0.4, -0.2) is 9.97 Å². The highest BCUT2D eigenvalue weighted by Crippen LogP contribution is 2.10. The molecular formula is C12H11Br3N2. The summed E-state index contributed by atoms with van der Waals surface area (Å²) in [6.07, 6.45) is 3.56. The zero-order valence-corrected chi connectivity index (χ0v) is 14.0. The molecule has 2 heterocycles. The second-order valence-corrected chi connectivity index (χ2v) is 5.61. The van der Waals surface area contributed by atoms with Gasteiger partial charge in [0.1, 0.15) is 0 Å². The topological polar surface area (TPSA) is 25.8 Å². The molecule has 0 unspecified atom stereocenters. The molecule has 0 saturated heterocycles. The fourth-order valence-corrected chi connectivity index (χ4v) is 2.17. The van der Waals surface area contributed by atoms with Crippen molar-refractivity contribution in [3.05, 3.63) is 57.0 Å². The Bertz CT molecular complexity index is 458. The van der Waals surface area contributed by atoms with Crippen LogP contribution in [0.2, 0.25) is 0 Å². The van der Waals surface area contributed by atoms with E-state index in [-0.39, 0.29) is 0 Å². The Labute approximate surface area is 126 Å². The van der Waals surface area contributed by atoms with Gasteiger partial charge in [-0.25, -0.2) is 0 Å². The second-order valence-electron chi connectivity index (χ2n) is 3.21. The molecule has 0 aliphatic carbocycles. The fourth-order valence-electron chi connectivity index (χ4n) is 1.03. The van der Waals surface area contributed by atoms with Crippen LogP contribution in [0.1, 0.15) is 11.4 Å². The van der Waals surface area contributed by atoms with E-state index >= 15 is 0 Å². The SMILES string of the molecule is BrCc1cc(Br)ccn1.Cc1cc(Br)ccn1. The van der Waals surface area contributed by atoms with Crippen molar-refractivity contribution >= 4 is 47.8 Å². The minimum atomic E-state index is 0.812. The number of pyridine rings is 2. The van der Waals surface area contributed by atoms with E-state index in [9.17, 15) is 0 Å². The molecule has 17 heavy (non-hydrogen) atoms. The number of rotatable bonds is 1. The smallest absolute Gasteiger partial charge is 0.0520 e. The molecule has 2 rings (SSSR count). The minimum absolute atomic E-state index is 0.812. The standard InChI is InChI=1S/C6H5Br2N.C6H6BrN/c7-4-6-3-5(8)1-2-9-6;1-5-4-6(7)2-3-8-5/h1-3H,4H2;2-4H,1H3. The second kappa shape index (κ2) is 7.95. The van der Waals surface area contributed by atoms with E-state index in [1.807, 2.05) is 31.2 Å². The predicted octanol–water partition coefficient (Wildman–Crippen LogP) is 4.89. The van der Waals surface area contributed by atoms with Crippen LogP contribution < -0.4 is 0 Å². The first-order chi connectivity index (χ1) is 8.11. The van der Waals surface area contributed by atoms with E-state index in [0.29, 0.717) is 0 Å². The molecule has 0 aliphatic heterocycles. The first kappa shape index (κ1) is 14.8. The third-order valence-electron chi connectivity index (χ3n) is 1.77. The van der Waals surface area contributed by atoms with E-state index in [1.54, 1.807) is 12.4 Å². The van der Waals surface area contributed by atoms with Gasteiger partial charge in [0.25, 0.3) is 0 Å². The van der Waals surface area contributed by atoms with Crippen LogP contribution in [0.15, 0.2) is 45.6 Å². The van der Waals surface area contributed by atoms with Gasteiger partial charge in [-0.05, 0) is 31.2 Å². The highest BCUT2D eigenvalue weighted by molar-refractivity contribution is 9.10. The molecule has 0 spiro atoms. The molecule has 5 heteroatoms. The summed E-state index contributed by atoms with van der Waals surface area (Å²) >= 11 is 9.97. The van der Waals surface area contributed by atoms with Gasteiger partial charge < -0.3 is 0 Å². The van der Waals surface area contributed by atoms with Crippen molar-refractivity contribution in [2.75, 3.05) is 0 Å². The van der Waals surface area contributed by atoms with Gasteiger partial charge in [-0.3, -0.25) is 9.97 Å². The number of hydrogen-bond donors (Lipinski definition) is 0. The fraction of sp³-hybridized carbons (Fsp3) is 0.167. The third kappa shape index (κ3) is 6.29. The maximum atomic E-state index is 4.08. The van der Waals surface area contributed by atoms with E-state index in [2.05, 4.69) is 57.8 Å². The Hall–Kier alpha value is -0.260. The summed E-state index contributed by atoms with van der Waals surface area (Å²) in [5, 5.41) is 0.812. The zero-order valence-electron chi connectivity index (χ0n) is 9.20. The molecule has 0 atom stereocenters. The number of aromatic nitrogens is 2. The summed E-state index contributed by atoms with van der Waals surface area (Å²) in [7, 11) is 0. The van der Waals surface area contributed by atoms with Gasteiger partial charge in [0, 0.05) is 32.4 Å². The highest BCUT2D eigenvalue weighted by atomic mass is 79.9. The van der Waals surface area contributed by atoms with Crippen LogP contribution in [-0.2, 0) is 5.33 Å². The largest absolute Gasteiger partial charge is 0.262 e. The molecular weight excluding hydrogens is 412 g/mol. The maximum absolute atomic E-state index is 4.08. The Morgan fingerprint density at radius 2 is 1.59 bits per heavy atom. The van der Waals surface area contributed by atoms with Gasteiger partial charge in [-0.1, -0.05) is 47.8 Å².